The summed E-state index contributed by atoms with van der Waals surface area (Å²) in [5.74, 6) is 0.384. The highest BCUT2D eigenvalue weighted by molar-refractivity contribution is 5.79. The van der Waals surface area contributed by atoms with Gasteiger partial charge in [0.1, 0.15) is 0 Å². The first-order chi connectivity index (χ1) is 10.7. The van der Waals surface area contributed by atoms with E-state index < -0.39 is 0 Å². The number of carbonyl (C=O) groups excluding carboxylic acids is 1. The molecule has 4 nitrogen and oxygen atoms in total. The van der Waals surface area contributed by atoms with E-state index in [1.54, 1.807) is 0 Å². The largest absolute Gasteiger partial charge is 0.381 e. The van der Waals surface area contributed by atoms with E-state index in [1.807, 2.05) is 0 Å². The maximum absolute atomic E-state index is 12.7. The van der Waals surface area contributed by atoms with Gasteiger partial charge in [-0.15, -0.1) is 0 Å². The van der Waals surface area contributed by atoms with E-state index in [1.165, 1.54) is 5.56 Å². The lowest BCUT2D eigenvalue weighted by Crippen LogP contribution is -2.45. The lowest BCUT2D eigenvalue weighted by atomic mass is 10.1. The Hall–Kier alpha value is -1.39. The summed E-state index contributed by atoms with van der Waals surface area (Å²) >= 11 is 0. The zero-order valence-corrected chi connectivity index (χ0v) is 13.4. The molecule has 22 heavy (non-hydrogen) atoms. The van der Waals surface area contributed by atoms with Gasteiger partial charge in [-0.3, -0.25) is 9.69 Å². The molecule has 0 unspecified atom stereocenters. The fourth-order valence-corrected chi connectivity index (χ4v) is 3.52. The van der Waals surface area contributed by atoms with E-state index in [0.717, 1.165) is 45.6 Å². The van der Waals surface area contributed by atoms with Crippen LogP contribution in [0, 0.1) is 5.92 Å². The van der Waals surface area contributed by atoms with Gasteiger partial charge in [-0.2, -0.15) is 0 Å². The number of hydrogen-bond donors (Lipinski definition) is 0. The summed E-state index contributed by atoms with van der Waals surface area (Å²) in [5, 5.41) is 0. The first-order valence-corrected chi connectivity index (χ1v) is 8.38. The fourth-order valence-electron chi connectivity index (χ4n) is 3.52. The first kappa shape index (κ1) is 15.5. The Morgan fingerprint density at radius 3 is 2.82 bits per heavy atom. The van der Waals surface area contributed by atoms with Gasteiger partial charge in [0.25, 0.3) is 0 Å². The number of amides is 1. The quantitative estimate of drug-likeness (QED) is 0.857. The zero-order chi connectivity index (χ0) is 15.4. The van der Waals surface area contributed by atoms with Crippen LogP contribution in [0.4, 0.5) is 0 Å². The van der Waals surface area contributed by atoms with E-state index in [-0.39, 0.29) is 12.0 Å². The molecule has 2 aliphatic rings. The Morgan fingerprint density at radius 1 is 1.27 bits per heavy atom. The number of rotatable bonds is 3. The highest BCUT2D eigenvalue weighted by atomic mass is 16.5. The van der Waals surface area contributed by atoms with Crippen molar-refractivity contribution in [1.29, 1.82) is 0 Å². The Kier molecular flexibility index (Phi) is 5.11. The van der Waals surface area contributed by atoms with E-state index in [4.69, 9.17) is 4.74 Å². The summed E-state index contributed by atoms with van der Waals surface area (Å²) in [4.78, 5) is 17.2. The van der Waals surface area contributed by atoms with Gasteiger partial charge in [-0.05, 0) is 25.3 Å². The van der Waals surface area contributed by atoms with Crippen molar-refractivity contribution in [2.24, 2.45) is 5.92 Å². The molecular formula is C18H26N2O2. The van der Waals surface area contributed by atoms with Crippen LogP contribution >= 0.6 is 0 Å². The second kappa shape index (κ2) is 7.25. The van der Waals surface area contributed by atoms with Gasteiger partial charge in [0, 0.05) is 38.8 Å². The van der Waals surface area contributed by atoms with Crippen LogP contribution in [-0.2, 0) is 16.1 Å². The van der Waals surface area contributed by atoms with Crippen LogP contribution in [0.25, 0.3) is 0 Å². The maximum Gasteiger partial charge on any atom is 0.228 e. The van der Waals surface area contributed by atoms with Crippen molar-refractivity contribution >= 4 is 5.91 Å². The summed E-state index contributed by atoms with van der Waals surface area (Å²) in [6, 6.07) is 10.9. The Balaban J connectivity index is 1.60. The van der Waals surface area contributed by atoms with Gasteiger partial charge in [0.2, 0.25) is 5.91 Å². The molecule has 1 amide bonds. The predicted octanol–water partition coefficient (Wildman–Crippen LogP) is 2.15. The third kappa shape index (κ3) is 3.68. The van der Waals surface area contributed by atoms with Crippen molar-refractivity contribution < 1.29 is 9.53 Å². The maximum atomic E-state index is 12.7. The van der Waals surface area contributed by atoms with Crippen LogP contribution in [0.2, 0.25) is 0 Å². The smallest absolute Gasteiger partial charge is 0.228 e. The normalized spacial score (nSPS) is 26.9. The monoisotopic (exact) mass is 302 g/mol. The van der Waals surface area contributed by atoms with Gasteiger partial charge in [-0.25, -0.2) is 0 Å². The van der Waals surface area contributed by atoms with Crippen molar-refractivity contribution in [1.82, 2.24) is 9.80 Å². The molecule has 1 aromatic rings. The number of ether oxygens (including phenoxy) is 1. The average Bonchev–Trinajstić information content (AvgIpc) is 3.00. The van der Waals surface area contributed by atoms with E-state index >= 15 is 0 Å². The molecule has 4 heteroatoms. The van der Waals surface area contributed by atoms with Crippen LogP contribution in [0.15, 0.2) is 30.3 Å². The number of nitrogens with zero attached hydrogens (tertiary/aromatic N) is 2. The van der Waals surface area contributed by atoms with Crippen LogP contribution in [0.1, 0.15) is 25.3 Å². The Bertz CT molecular complexity index is 485. The van der Waals surface area contributed by atoms with E-state index in [2.05, 4.69) is 47.1 Å². The van der Waals surface area contributed by atoms with Crippen LogP contribution < -0.4 is 0 Å². The molecule has 120 valence electrons. The third-order valence-corrected chi connectivity index (χ3v) is 4.74. The van der Waals surface area contributed by atoms with Crippen LogP contribution in [0.5, 0.6) is 0 Å². The molecule has 2 aliphatic heterocycles. The molecule has 0 bridgehead atoms. The van der Waals surface area contributed by atoms with Gasteiger partial charge < -0.3 is 9.64 Å². The molecule has 0 N–H and O–H groups in total. The van der Waals surface area contributed by atoms with Crippen molar-refractivity contribution in [3.05, 3.63) is 35.9 Å². The molecule has 0 spiro atoms. The van der Waals surface area contributed by atoms with Gasteiger partial charge in [-0.1, -0.05) is 30.3 Å². The average molecular weight is 302 g/mol. The van der Waals surface area contributed by atoms with Gasteiger partial charge >= 0.3 is 0 Å². The summed E-state index contributed by atoms with van der Waals surface area (Å²) in [7, 11) is 0. The second-order valence-corrected chi connectivity index (χ2v) is 6.52. The van der Waals surface area contributed by atoms with Gasteiger partial charge in [0.15, 0.2) is 0 Å². The number of hydrogen-bond acceptors (Lipinski definition) is 3. The zero-order valence-electron chi connectivity index (χ0n) is 13.4. The Labute approximate surface area is 133 Å². The molecule has 2 fully saturated rings. The SMILES string of the molecule is C[C@@H]1CN(Cc2ccccc2)CCCN1C(=O)[C@@H]1CCOC1. The molecule has 1 aromatic carbocycles. The molecule has 2 heterocycles. The molecule has 0 aliphatic carbocycles. The minimum Gasteiger partial charge on any atom is -0.381 e. The molecular weight excluding hydrogens is 276 g/mol. The van der Waals surface area contributed by atoms with Crippen molar-refractivity contribution in [2.75, 3.05) is 32.8 Å². The molecule has 3 rings (SSSR count). The predicted molar refractivity (Wildman–Crippen MR) is 86.4 cm³/mol. The van der Waals surface area contributed by atoms with E-state index in [0.29, 0.717) is 12.5 Å². The summed E-state index contributed by atoms with van der Waals surface area (Å²) in [6.45, 7) is 7.38. The second-order valence-electron chi connectivity index (χ2n) is 6.52. The molecule has 0 saturated carbocycles. The Morgan fingerprint density at radius 2 is 2.09 bits per heavy atom. The summed E-state index contributed by atoms with van der Waals surface area (Å²) < 4.78 is 5.38. The van der Waals surface area contributed by atoms with Crippen molar-refractivity contribution in [2.45, 2.75) is 32.4 Å². The van der Waals surface area contributed by atoms with Crippen LogP contribution in [-0.4, -0.2) is 54.6 Å². The standard InChI is InChI=1S/C18H26N2O2/c1-15-12-19(13-16-6-3-2-4-7-16)9-5-10-20(15)18(21)17-8-11-22-14-17/h2-4,6-7,15,17H,5,8-14H2,1H3/t15-,17-/m1/s1. The molecule has 0 aromatic heterocycles. The fraction of sp³-hybridized carbons (Fsp3) is 0.611. The topological polar surface area (TPSA) is 32.8 Å². The lowest BCUT2D eigenvalue weighted by molar-refractivity contribution is -0.137. The third-order valence-electron chi connectivity index (χ3n) is 4.74. The summed E-state index contributed by atoms with van der Waals surface area (Å²) in [6.07, 6.45) is 1.94. The van der Waals surface area contributed by atoms with Gasteiger partial charge in [0.05, 0.1) is 12.5 Å². The summed E-state index contributed by atoms with van der Waals surface area (Å²) in [5.41, 5.74) is 1.35. The first-order valence-electron chi connectivity index (χ1n) is 8.38. The minimum atomic E-state index is 0.0862. The number of carbonyl (C=O) groups is 1. The lowest BCUT2D eigenvalue weighted by Gasteiger charge is -2.30. The number of benzene rings is 1. The highest BCUT2D eigenvalue weighted by Crippen LogP contribution is 2.20. The van der Waals surface area contributed by atoms with Crippen LogP contribution in [0.3, 0.4) is 0 Å². The van der Waals surface area contributed by atoms with Crippen molar-refractivity contribution in [3.63, 3.8) is 0 Å². The minimum absolute atomic E-state index is 0.0862. The molecule has 2 saturated heterocycles. The highest BCUT2D eigenvalue weighted by Gasteiger charge is 2.32. The molecule has 2 atom stereocenters. The van der Waals surface area contributed by atoms with Crippen molar-refractivity contribution in [3.8, 4) is 0 Å². The molecule has 0 radical (unpaired) electrons. The van der Waals surface area contributed by atoms with E-state index in [9.17, 15) is 4.79 Å².